The quantitative estimate of drug-likeness (QED) is 0.307. The van der Waals surface area contributed by atoms with Gasteiger partial charge in [-0.25, -0.2) is 5.48 Å². The number of hydrogen-bond donors (Lipinski definition) is 3. The lowest BCUT2D eigenvalue weighted by Crippen LogP contribution is -2.15. The van der Waals surface area contributed by atoms with Gasteiger partial charge in [0.1, 0.15) is 11.5 Å². The van der Waals surface area contributed by atoms with Gasteiger partial charge < -0.3 is 10.1 Å². The van der Waals surface area contributed by atoms with Crippen LogP contribution in [0.4, 0.5) is 5.69 Å². The number of hydrogen-bond acceptors (Lipinski definition) is 4. The van der Waals surface area contributed by atoms with Gasteiger partial charge in [0, 0.05) is 16.8 Å². The molecule has 0 saturated heterocycles. The molecule has 0 saturated carbocycles. The van der Waals surface area contributed by atoms with Gasteiger partial charge in [-0.1, -0.05) is 41.9 Å². The highest BCUT2D eigenvalue weighted by molar-refractivity contribution is 6.30. The molecule has 0 aliphatic rings. The van der Waals surface area contributed by atoms with Crippen molar-refractivity contribution in [2.24, 2.45) is 0 Å². The van der Waals surface area contributed by atoms with Gasteiger partial charge in [0.05, 0.1) is 5.56 Å². The van der Waals surface area contributed by atoms with Crippen molar-refractivity contribution in [3.05, 3.63) is 95.0 Å². The maximum absolute atomic E-state index is 12.9. The highest BCUT2D eigenvalue weighted by atomic mass is 35.5. The first-order valence-corrected chi connectivity index (χ1v) is 8.99. The van der Waals surface area contributed by atoms with Crippen molar-refractivity contribution < 1.29 is 19.5 Å². The Morgan fingerprint density at radius 3 is 2.38 bits per heavy atom. The molecule has 3 aromatic carbocycles. The number of para-hydroxylation sites is 2. The van der Waals surface area contributed by atoms with E-state index in [2.05, 4.69) is 5.32 Å². The Hall–Kier alpha value is -3.61. The van der Waals surface area contributed by atoms with E-state index in [1.54, 1.807) is 72.8 Å². The predicted molar refractivity (Wildman–Crippen MR) is 111 cm³/mol. The van der Waals surface area contributed by atoms with Crippen LogP contribution in [-0.2, 0) is 4.79 Å². The Balaban J connectivity index is 1.83. The number of amides is 2. The third kappa shape index (κ3) is 5.44. The summed E-state index contributed by atoms with van der Waals surface area (Å²) in [7, 11) is 0. The third-order valence-electron chi connectivity index (χ3n) is 3.91. The third-order valence-corrected chi connectivity index (χ3v) is 4.16. The smallest absolute Gasteiger partial charge is 0.267 e. The number of benzene rings is 3. The first-order chi connectivity index (χ1) is 14.1. The van der Waals surface area contributed by atoms with Crippen molar-refractivity contribution in [3.8, 4) is 11.5 Å². The Morgan fingerprint density at radius 1 is 0.931 bits per heavy atom. The number of nitrogens with one attached hydrogen (secondary N) is 2. The van der Waals surface area contributed by atoms with Crippen molar-refractivity contribution in [1.82, 2.24) is 5.48 Å². The largest absolute Gasteiger partial charge is 0.457 e. The molecule has 3 aromatic rings. The van der Waals surface area contributed by atoms with E-state index < -0.39 is 5.91 Å². The molecule has 2 amide bonds. The molecule has 146 valence electrons. The fraction of sp³-hybridized carbons (Fsp3) is 0. The average molecular weight is 409 g/mol. The first-order valence-electron chi connectivity index (χ1n) is 8.62. The Kier molecular flexibility index (Phi) is 6.63. The average Bonchev–Trinajstić information content (AvgIpc) is 2.74. The van der Waals surface area contributed by atoms with Crippen molar-refractivity contribution in [1.29, 1.82) is 0 Å². The molecule has 0 atom stereocenters. The van der Waals surface area contributed by atoms with Gasteiger partial charge in [-0.2, -0.15) is 0 Å². The predicted octanol–water partition coefficient (Wildman–Crippen LogP) is 4.90. The van der Waals surface area contributed by atoms with E-state index in [-0.39, 0.29) is 5.91 Å². The summed E-state index contributed by atoms with van der Waals surface area (Å²) in [6.45, 7) is 0. The molecule has 0 fully saturated rings. The van der Waals surface area contributed by atoms with Crippen LogP contribution >= 0.6 is 11.6 Å². The molecule has 0 radical (unpaired) electrons. The molecule has 0 heterocycles. The van der Waals surface area contributed by atoms with Gasteiger partial charge >= 0.3 is 0 Å². The Labute approximate surface area is 172 Å². The Bertz CT molecular complexity index is 1050. The van der Waals surface area contributed by atoms with Crippen LogP contribution in [0, 0.1) is 0 Å². The second-order valence-electron chi connectivity index (χ2n) is 5.90. The van der Waals surface area contributed by atoms with Crippen molar-refractivity contribution in [3.63, 3.8) is 0 Å². The van der Waals surface area contributed by atoms with E-state index in [0.717, 1.165) is 6.08 Å². The number of hydroxylamine groups is 1. The van der Waals surface area contributed by atoms with Crippen LogP contribution in [0.25, 0.3) is 6.08 Å². The van der Waals surface area contributed by atoms with E-state index >= 15 is 0 Å². The lowest BCUT2D eigenvalue weighted by atomic mass is 10.1. The van der Waals surface area contributed by atoms with E-state index in [4.69, 9.17) is 21.5 Å². The van der Waals surface area contributed by atoms with Crippen molar-refractivity contribution >= 4 is 35.2 Å². The first kappa shape index (κ1) is 20.1. The molecule has 0 spiro atoms. The van der Waals surface area contributed by atoms with Gasteiger partial charge in [0.2, 0.25) is 0 Å². The molecule has 3 rings (SSSR count). The summed E-state index contributed by atoms with van der Waals surface area (Å²) in [6.07, 6.45) is 2.64. The molecule has 0 bridgehead atoms. The zero-order chi connectivity index (χ0) is 20.6. The summed E-state index contributed by atoms with van der Waals surface area (Å²) >= 11 is 5.89. The summed E-state index contributed by atoms with van der Waals surface area (Å²) in [5, 5.41) is 12.0. The second kappa shape index (κ2) is 9.54. The van der Waals surface area contributed by atoms with Crippen LogP contribution in [0.15, 0.2) is 78.9 Å². The maximum atomic E-state index is 12.9. The highest BCUT2D eigenvalue weighted by Gasteiger charge is 2.14. The summed E-state index contributed by atoms with van der Waals surface area (Å²) < 4.78 is 5.83. The fourth-order valence-corrected chi connectivity index (χ4v) is 2.65. The molecule has 6 nitrogen and oxygen atoms in total. The molecule has 0 aliphatic carbocycles. The normalized spacial score (nSPS) is 10.6. The number of anilines is 1. The van der Waals surface area contributed by atoms with Gasteiger partial charge in [0.25, 0.3) is 11.8 Å². The van der Waals surface area contributed by atoms with Crippen molar-refractivity contribution in [2.75, 3.05) is 5.32 Å². The van der Waals surface area contributed by atoms with Crippen LogP contribution in [0.1, 0.15) is 15.9 Å². The number of ether oxygens (including phenoxy) is 1. The van der Waals surface area contributed by atoms with Crippen LogP contribution in [0.3, 0.4) is 0 Å². The van der Waals surface area contributed by atoms with E-state index in [1.807, 2.05) is 0 Å². The fourth-order valence-electron chi connectivity index (χ4n) is 2.52. The van der Waals surface area contributed by atoms with Gasteiger partial charge in [-0.15, -0.1) is 0 Å². The van der Waals surface area contributed by atoms with E-state index in [0.29, 0.717) is 33.3 Å². The minimum atomic E-state index is -0.673. The molecule has 29 heavy (non-hydrogen) atoms. The summed E-state index contributed by atoms with van der Waals surface area (Å²) in [5.74, 6) is -0.108. The summed E-state index contributed by atoms with van der Waals surface area (Å²) in [4.78, 5) is 24.1. The van der Waals surface area contributed by atoms with Crippen LogP contribution < -0.4 is 15.5 Å². The topological polar surface area (TPSA) is 87.7 Å². The molecular weight excluding hydrogens is 392 g/mol. The lowest BCUT2D eigenvalue weighted by Gasteiger charge is -2.13. The van der Waals surface area contributed by atoms with E-state index in [9.17, 15) is 9.59 Å². The minimum Gasteiger partial charge on any atom is -0.457 e. The lowest BCUT2D eigenvalue weighted by molar-refractivity contribution is -0.124. The number of carbonyl (C=O) groups is 2. The molecule has 0 aromatic heterocycles. The maximum Gasteiger partial charge on any atom is 0.267 e. The Morgan fingerprint density at radius 2 is 1.62 bits per heavy atom. The van der Waals surface area contributed by atoms with Crippen molar-refractivity contribution in [2.45, 2.75) is 0 Å². The van der Waals surface area contributed by atoms with Crippen LogP contribution in [-0.4, -0.2) is 17.0 Å². The van der Waals surface area contributed by atoms with Crippen LogP contribution in [0.2, 0.25) is 5.02 Å². The monoisotopic (exact) mass is 408 g/mol. The summed E-state index contributed by atoms with van der Waals surface area (Å²) in [6, 6.07) is 20.6. The van der Waals surface area contributed by atoms with Gasteiger partial charge in [0.15, 0.2) is 0 Å². The van der Waals surface area contributed by atoms with Gasteiger partial charge in [-0.05, 0) is 54.1 Å². The summed E-state index contributed by atoms with van der Waals surface area (Å²) in [5.41, 5.74) is 2.96. The zero-order valence-corrected chi connectivity index (χ0v) is 15.9. The van der Waals surface area contributed by atoms with Crippen LogP contribution in [0.5, 0.6) is 11.5 Å². The number of carbonyl (C=O) groups excluding carboxylic acids is 2. The standard InChI is InChI=1S/C22H17ClN2O4/c23-16-10-12-17(13-11-16)29-20-8-4-2-6-18(20)22(27)24-19-7-3-1-5-15(19)9-14-21(26)25-28/h1-14,28H,(H,24,27)(H,25,26)/b14-9+. The highest BCUT2D eigenvalue weighted by Crippen LogP contribution is 2.27. The molecule has 0 aliphatic heterocycles. The van der Waals surface area contributed by atoms with Gasteiger partial charge in [-0.3, -0.25) is 14.8 Å². The molecule has 7 heteroatoms. The SMILES string of the molecule is O=C(/C=C/c1ccccc1NC(=O)c1ccccc1Oc1ccc(Cl)cc1)NO. The number of halogens is 1. The molecular formula is C22H17ClN2O4. The zero-order valence-electron chi connectivity index (χ0n) is 15.1. The molecule has 0 unspecified atom stereocenters. The van der Waals surface area contributed by atoms with E-state index in [1.165, 1.54) is 11.6 Å². The second-order valence-corrected chi connectivity index (χ2v) is 6.34. The molecule has 3 N–H and O–H groups in total. The number of rotatable bonds is 6. The minimum absolute atomic E-state index is 0.342.